The van der Waals surface area contributed by atoms with Gasteiger partial charge in [0.05, 0.1) is 11.9 Å². The molecule has 0 saturated heterocycles. The molecule has 2 rings (SSSR count). The summed E-state index contributed by atoms with van der Waals surface area (Å²) in [7, 11) is 0. The highest BCUT2D eigenvalue weighted by Gasteiger charge is 2.34. The average molecular weight is 241 g/mol. The third-order valence-corrected chi connectivity index (χ3v) is 2.40. The Morgan fingerprint density at radius 2 is 1.94 bits per heavy atom. The first-order chi connectivity index (χ1) is 8.02. The summed E-state index contributed by atoms with van der Waals surface area (Å²) in [6, 6.07) is 7.16. The molecule has 0 aliphatic rings. The van der Waals surface area contributed by atoms with Gasteiger partial charge in [0.2, 0.25) is 0 Å². The summed E-state index contributed by atoms with van der Waals surface area (Å²) in [6.45, 7) is 1.93. The SMILES string of the molecule is CCc1ccccc1-n1cc(C(F)(F)F)nn1. The van der Waals surface area contributed by atoms with E-state index in [0.717, 1.165) is 22.9 Å². The van der Waals surface area contributed by atoms with Crippen molar-refractivity contribution in [2.45, 2.75) is 19.5 Å². The molecule has 17 heavy (non-hydrogen) atoms. The lowest BCUT2D eigenvalue weighted by Crippen LogP contribution is -2.05. The lowest BCUT2D eigenvalue weighted by atomic mass is 10.1. The van der Waals surface area contributed by atoms with Gasteiger partial charge in [0, 0.05) is 0 Å². The van der Waals surface area contributed by atoms with Gasteiger partial charge in [-0.25, -0.2) is 4.68 Å². The molecule has 2 aromatic rings. The molecular formula is C11H10F3N3. The molecular weight excluding hydrogens is 231 g/mol. The van der Waals surface area contributed by atoms with Crippen molar-refractivity contribution in [3.05, 3.63) is 41.7 Å². The Morgan fingerprint density at radius 3 is 2.53 bits per heavy atom. The van der Waals surface area contributed by atoms with Crippen LogP contribution in [0.5, 0.6) is 0 Å². The minimum absolute atomic E-state index is 0.623. The van der Waals surface area contributed by atoms with Crippen LogP contribution in [0.2, 0.25) is 0 Å². The highest BCUT2D eigenvalue weighted by Crippen LogP contribution is 2.27. The summed E-state index contributed by atoms with van der Waals surface area (Å²) in [4.78, 5) is 0. The first kappa shape index (κ1) is 11.6. The van der Waals surface area contributed by atoms with Gasteiger partial charge in [-0.3, -0.25) is 0 Å². The van der Waals surface area contributed by atoms with Gasteiger partial charge >= 0.3 is 6.18 Å². The number of hydrogen-bond donors (Lipinski definition) is 0. The molecule has 0 amide bonds. The largest absolute Gasteiger partial charge is 0.436 e. The number of nitrogens with zero attached hydrogens (tertiary/aromatic N) is 3. The molecule has 0 aliphatic heterocycles. The molecule has 0 spiro atoms. The summed E-state index contributed by atoms with van der Waals surface area (Å²) in [6.07, 6.45) is -2.84. The van der Waals surface area contributed by atoms with Crippen LogP contribution in [0.3, 0.4) is 0 Å². The van der Waals surface area contributed by atoms with Gasteiger partial charge < -0.3 is 0 Å². The normalized spacial score (nSPS) is 11.8. The molecule has 0 atom stereocenters. The van der Waals surface area contributed by atoms with Crippen molar-refractivity contribution < 1.29 is 13.2 Å². The Morgan fingerprint density at radius 1 is 1.24 bits per heavy atom. The van der Waals surface area contributed by atoms with Gasteiger partial charge in [-0.05, 0) is 18.1 Å². The number of aryl methyl sites for hydroxylation is 1. The molecule has 3 nitrogen and oxygen atoms in total. The Kier molecular flexibility index (Phi) is 2.87. The Bertz CT molecular complexity index is 517. The maximum Gasteiger partial charge on any atom is 0.436 e. The zero-order valence-electron chi connectivity index (χ0n) is 9.07. The van der Waals surface area contributed by atoms with Crippen molar-refractivity contribution in [2.24, 2.45) is 0 Å². The van der Waals surface area contributed by atoms with Crippen molar-refractivity contribution in [3.8, 4) is 5.69 Å². The monoisotopic (exact) mass is 241 g/mol. The zero-order valence-corrected chi connectivity index (χ0v) is 9.07. The van der Waals surface area contributed by atoms with Crippen LogP contribution in [0.4, 0.5) is 13.2 Å². The maximum atomic E-state index is 12.4. The summed E-state index contributed by atoms with van der Waals surface area (Å²) < 4.78 is 38.3. The fourth-order valence-corrected chi connectivity index (χ4v) is 1.54. The van der Waals surface area contributed by atoms with Crippen LogP contribution in [0.25, 0.3) is 5.69 Å². The molecule has 0 unspecified atom stereocenters. The highest BCUT2D eigenvalue weighted by atomic mass is 19.4. The van der Waals surface area contributed by atoms with Crippen LogP contribution in [0, 0.1) is 0 Å². The molecule has 0 N–H and O–H groups in total. The third kappa shape index (κ3) is 2.30. The fourth-order valence-electron chi connectivity index (χ4n) is 1.54. The van der Waals surface area contributed by atoms with E-state index in [1.807, 2.05) is 19.1 Å². The highest BCUT2D eigenvalue weighted by molar-refractivity contribution is 5.40. The van der Waals surface area contributed by atoms with Gasteiger partial charge in [-0.1, -0.05) is 30.3 Å². The maximum absolute atomic E-state index is 12.4. The topological polar surface area (TPSA) is 30.7 Å². The summed E-state index contributed by atoms with van der Waals surface area (Å²) in [5, 5.41) is 6.64. The number of benzene rings is 1. The molecule has 0 aliphatic carbocycles. The van der Waals surface area contributed by atoms with E-state index in [1.54, 1.807) is 12.1 Å². The second kappa shape index (κ2) is 4.20. The van der Waals surface area contributed by atoms with Crippen molar-refractivity contribution in [3.63, 3.8) is 0 Å². The molecule has 0 radical (unpaired) electrons. The van der Waals surface area contributed by atoms with Crippen LogP contribution in [-0.2, 0) is 12.6 Å². The molecule has 0 saturated carbocycles. The minimum atomic E-state index is -4.46. The van der Waals surface area contributed by atoms with E-state index >= 15 is 0 Å². The van der Waals surface area contributed by atoms with Gasteiger partial charge in [0.25, 0.3) is 0 Å². The van der Waals surface area contributed by atoms with Crippen molar-refractivity contribution in [2.75, 3.05) is 0 Å². The van der Waals surface area contributed by atoms with Crippen molar-refractivity contribution in [1.82, 2.24) is 15.0 Å². The predicted octanol–water partition coefficient (Wildman–Crippen LogP) is 2.85. The third-order valence-electron chi connectivity index (χ3n) is 2.40. The number of aromatic nitrogens is 3. The lowest BCUT2D eigenvalue weighted by molar-refractivity contribution is -0.141. The fraction of sp³-hybridized carbons (Fsp3) is 0.273. The molecule has 1 aromatic heterocycles. The molecule has 6 heteroatoms. The Hall–Kier alpha value is -1.85. The van der Waals surface area contributed by atoms with Crippen LogP contribution in [-0.4, -0.2) is 15.0 Å². The van der Waals surface area contributed by atoms with Gasteiger partial charge in [0.1, 0.15) is 0 Å². The van der Waals surface area contributed by atoms with E-state index in [2.05, 4.69) is 10.3 Å². The Balaban J connectivity index is 2.44. The first-order valence-electron chi connectivity index (χ1n) is 5.10. The predicted molar refractivity (Wildman–Crippen MR) is 55.7 cm³/mol. The van der Waals surface area contributed by atoms with E-state index in [-0.39, 0.29) is 0 Å². The van der Waals surface area contributed by atoms with Gasteiger partial charge in [-0.15, -0.1) is 5.10 Å². The Labute approximate surface area is 95.9 Å². The van der Waals surface area contributed by atoms with Crippen LogP contribution in [0.15, 0.2) is 30.5 Å². The summed E-state index contributed by atoms with van der Waals surface area (Å²) in [5.41, 5.74) is 0.563. The standard InChI is InChI=1S/C11H10F3N3/c1-2-8-5-3-4-6-9(8)17-7-10(15-16-17)11(12,13)14/h3-7H,2H2,1H3. The summed E-state index contributed by atoms with van der Waals surface area (Å²) >= 11 is 0. The summed E-state index contributed by atoms with van der Waals surface area (Å²) in [5.74, 6) is 0. The number of rotatable bonds is 2. The molecule has 1 aromatic carbocycles. The van der Waals surface area contributed by atoms with E-state index in [1.165, 1.54) is 0 Å². The number of alkyl halides is 3. The second-order valence-corrected chi connectivity index (χ2v) is 3.53. The molecule has 1 heterocycles. The quantitative estimate of drug-likeness (QED) is 0.809. The smallest absolute Gasteiger partial charge is 0.220 e. The lowest BCUT2D eigenvalue weighted by Gasteiger charge is -2.05. The van der Waals surface area contributed by atoms with E-state index in [0.29, 0.717) is 5.69 Å². The number of hydrogen-bond acceptors (Lipinski definition) is 2. The average Bonchev–Trinajstić information content (AvgIpc) is 2.77. The molecule has 90 valence electrons. The number of para-hydroxylation sites is 1. The molecule has 0 fully saturated rings. The number of halogens is 3. The first-order valence-corrected chi connectivity index (χ1v) is 5.10. The van der Waals surface area contributed by atoms with Crippen LogP contribution in [0.1, 0.15) is 18.2 Å². The van der Waals surface area contributed by atoms with E-state index in [9.17, 15) is 13.2 Å². The zero-order chi connectivity index (χ0) is 12.5. The van der Waals surface area contributed by atoms with Gasteiger partial charge in [-0.2, -0.15) is 13.2 Å². The van der Waals surface area contributed by atoms with Crippen LogP contribution < -0.4 is 0 Å². The van der Waals surface area contributed by atoms with Gasteiger partial charge in [0.15, 0.2) is 5.69 Å². The minimum Gasteiger partial charge on any atom is -0.220 e. The van der Waals surface area contributed by atoms with Crippen LogP contribution >= 0.6 is 0 Å². The molecule has 0 bridgehead atoms. The van der Waals surface area contributed by atoms with Crippen molar-refractivity contribution in [1.29, 1.82) is 0 Å². The van der Waals surface area contributed by atoms with E-state index < -0.39 is 11.9 Å². The second-order valence-electron chi connectivity index (χ2n) is 3.53. The van der Waals surface area contributed by atoms with E-state index in [4.69, 9.17) is 0 Å². The van der Waals surface area contributed by atoms with Crippen molar-refractivity contribution >= 4 is 0 Å².